The third kappa shape index (κ3) is 2.87. The topological polar surface area (TPSA) is 50.9 Å². The van der Waals surface area contributed by atoms with E-state index in [0.29, 0.717) is 0 Å². The summed E-state index contributed by atoms with van der Waals surface area (Å²) in [5.74, 6) is 0. The lowest BCUT2D eigenvalue weighted by atomic mass is 10.1. The van der Waals surface area contributed by atoms with Gasteiger partial charge in [0.15, 0.2) is 0 Å². The monoisotopic (exact) mass is 275 g/mol. The molecule has 3 nitrogen and oxygen atoms in total. The molecule has 3 N–H and O–H groups in total. The normalized spacial score (nSPS) is 11.1. The van der Waals surface area contributed by atoms with E-state index in [0.717, 1.165) is 33.5 Å². The number of hydrogen-bond acceptors (Lipinski definition) is 3. The van der Waals surface area contributed by atoms with Gasteiger partial charge in [0, 0.05) is 23.8 Å². The number of pyridine rings is 1. The molecule has 0 saturated heterocycles. The number of para-hydroxylation sites is 1. The molecule has 1 heterocycles. The van der Waals surface area contributed by atoms with Crippen LogP contribution in [-0.4, -0.2) is 12.0 Å². The van der Waals surface area contributed by atoms with E-state index in [1.165, 1.54) is 0 Å². The Kier molecular flexibility index (Phi) is 3.56. The smallest absolute Gasteiger partial charge is 0.0709 e. The van der Waals surface area contributed by atoms with Crippen molar-refractivity contribution in [1.29, 1.82) is 0 Å². The highest BCUT2D eigenvalue weighted by atomic mass is 14.8. The van der Waals surface area contributed by atoms with Gasteiger partial charge in [-0.1, -0.05) is 36.4 Å². The second kappa shape index (κ2) is 5.67. The summed E-state index contributed by atoms with van der Waals surface area (Å²) in [5, 5.41) is 4.22. The van der Waals surface area contributed by atoms with Gasteiger partial charge in [-0.15, -0.1) is 0 Å². The number of benzene rings is 2. The van der Waals surface area contributed by atoms with Crippen molar-refractivity contribution >= 4 is 34.4 Å². The summed E-state index contributed by atoms with van der Waals surface area (Å²) in [5.41, 5.74) is 10.7. The molecule has 0 atom stereocenters. The second-order valence-electron chi connectivity index (χ2n) is 4.86. The number of anilines is 2. The standard InChI is InChI=1S/C18H17N3/c1-20-16-11-7-13(17(19)12-16)6-9-15-10-8-14-4-2-3-5-18(14)21-15/h2-12,20H,19H2,1H3. The lowest BCUT2D eigenvalue weighted by molar-refractivity contribution is 1.37. The Morgan fingerprint density at radius 1 is 1.00 bits per heavy atom. The van der Waals surface area contributed by atoms with Gasteiger partial charge >= 0.3 is 0 Å². The summed E-state index contributed by atoms with van der Waals surface area (Å²) in [6, 6.07) is 18.1. The Morgan fingerprint density at radius 3 is 2.67 bits per heavy atom. The van der Waals surface area contributed by atoms with Crippen LogP contribution in [0.15, 0.2) is 54.6 Å². The van der Waals surface area contributed by atoms with Crippen molar-refractivity contribution in [3.8, 4) is 0 Å². The van der Waals surface area contributed by atoms with Crippen molar-refractivity contribution in [2.75, 3.05) is 18.1 Å². The minimum Gasteiger partial charge on any atom is -0.398 e. The number of fused-ring (bicyclic) bond motifs is 1. The lowest BCUT2D eigenvalue weighted by Crippen LogP contribution is -1.93. The van der Waals surface area contributed by atoms with Crippen molar-refractivity contribution in [2.24, 2.45) is 0 Å². The van der Waals surface area contributed by atoms with E-state index in [-0.39, 0.29) is 0 Å². The van der Waals surface area contributed by atoms with Gasteiger partial charge in [-0.05, 0) is 35.9 Å². The zero-order chi connectivity index (χ0) is 14.7. The molecule has 0 fully saturated rings. The highest BCUT2D eigenvalue weighted by molar-refractivity contribution is 5.82. The maximum atomic E-state index is 6.04. The third-order valence-corrected chi connectivity index (χ3v) is 3.43. The Bertz CT molecular complexity index is 806. The first-order valence-electron chi connectivity index (χ1n) is 6.87. The number of hydrogen-bond donors (Lipinski definition) is 2. The molecule has 0 aliphatic carbocycles. The van der Waals surface area contributed by atoms with Crippen molar-refractivity contribution in [2.45, 2.75) is 0 Å². The lowest BCUT2D eigenvalue weighted by Gasteiger charge is -2.04. The number of aromatic nitrogens is 1. The first kappa shape index (κ1) is 13.2. The molecule has 0 bridgehead atoms. The van der Waals surface area contributed by atoms with E-state index >= 15 is 0 Å². The maximum Gasteiger partial charge on any atom is 0.0709 e. The minimum absolute atomic E-state index is 0.749. The summed E-state index contributed by atoms with van der Waals surface area (Å²) in [6.45, 7) is 0. The average Bonchev–Trinajstić information content (AvgIpc) is 2.53. The molecule has 21 heavy (non-hydrogen) atoms. The molecule has 3 aromatic rings. The van der Waals surface area contributed by atoms with Crippen LogP contribution in [-0.2, 0) is 0 Å². The maximum absolute atomic E-state index is 6.04. The highest BCUT2D eigenvalue weighted by Crippen LogP contribution is 2.20. The average molecular weight is 275 g/mol. The van der Waals surface area contributed by atoms with Gasteiger partial charge in [0.1, 0.15) is 0 Å². The van der Waals surface area contributed by atoms with Crippen molar-refractivity contribution in [1.82, 2.24) is 4.98 Å². The van der Waals surface area contributed by atoms with Gasteiger partial charge in [0.2, 0.25) is 0 Å². The summed E-state index contributed by atoms with van der Waals surface area (Å²) >= 11 is 0. The van der Waals surface area contributed by atoms with Crippen LogP contribution in [0.3, 0.4) is 0 Å². The van der Waals surface area contributed by atoms with Crippen LogP contribution in [0.1, 0.15) is 11.3 Å². The number of nitrogens with two attached hydrogens (primary N) is 1. The van der Waals surface area contributed by atoms with Crippen LogP contribution < -0.4 is 11.1 Å². The molecule has 3 heteroatoms. The van der Waals surface area contributed by atoms with Crippen LogP contribution in [0.5, 0.6) is 0 Å². The van der Waals surface area contributed by atoms with Crippen LogP contribution in [0, 0.1) is 0 Å². The van der Waals surface area contributed by atoms with Crippen LogP contribution in [0.2, 0.25) is 0 Å². The molecule has 0 aliphatic rings. The van der Waals surface area contributed by atoms with E-state index in [9.17, 15) is 0 Å². The van der Waals surface area contributed by atoms with Gasteiger partial charge in [-0.3, -0.25) is 0 Å². The van der Waals surface area contributed by atoms with E-state index in [4.69, 9.17) is 5.73 Å². The molecule has 1 aromatic heterocycles. The molecule has 0 radical (unpaired) electrons. The Labute approximate surface area is 124 Å². The summed E-state index contributed by atoms with van der Waals surface area (Å²) < 4.78 is 0. The Balaban J connectivity index is 1.90. The van der Waals surface area contributed by atoms with Gasteiger partial charge in [-0.25, -0.2) is 4.98 Å². The highest BCUT2D eigenvalue weighted by Gasteiger charge is 1.98. The predicted octanol–water partition coefficient (Wildman–Crippen LogP) is 4.03. The van der Waals surface area contributed by atoms with Crippen LogP contribution >= 0.6 is 0 Å². The quantitative estimate of drug-likeness (QED) is 0.710. The third-order valence-electron chi connectivity index (χ3n) is 3.43. The molecule has 3 rings (SSSR count). The van der Waals surface area contributed by atoms with Crippen molar-refractivity contribution in [3.05, 3.63) is 65.9 Å². The van der Waals surface area contributed by atoms with Crippen molar-refractivity contribution < 1.29 is 0 Å². The molecular formula is C18H17N3. The number of rotatable bonds is 3. The van der Waals surface area contributed by atoms with Gasteiger partial charge in [0.05, 0.1) is 11.2 Å². The Morgan fingerprint density at radius 2 is 1.86 bits per heavy atom. The van der Waals surface area contributed by atoms with E-state index in [2.05, 4.69) is 22.4 Å². The van der Waals surface area contributed by atoms with Gasteiger partial charge < -0.3 is 11.1 Å². The molecule has 104 valence electrons. The first-order chi connectivity index (χ1) is 10.3. The van der Waals surface area contributed by atoms with Crippen LogP contribution in [0.4, 0.5) is 11.4 Å². The fourth-order valence-corrected chi connectivity index (χ4v) is 2.23. The van der Waals surface area contributed by atoms with Crippen LogP contribution in [0.25, 0.3) is 23.1 Å². The predicted molar refractivity (Wildman–Crippen MR) is 91.1 cm³/mol. The van der Waals surface area contributed by atoms with E-state index < -0.39 is 0 Å². The van der Waals surface area contributed by atoms with Gasteiger partial charge in [0.25, 0.3) is 0 Å². The summed E-state index contributed by atoms with van der Waals surface area (Å²) in [7, 11) is 1.88. The molecule has 0 aliphatic heterocycles. The summed E-state index contributed by atoms with van der Waals surface area (Å²) in [6.07, 6.45) is 3.98. The fourth-order valence-electron chi connectivity index (χ4n) is 2.23. The van der Waals surface area contributed by atoms with E-state index in [1.807, 2.05) is 61.7 Å². The number of nitrogens with zero attached hydrogens (tertiary/aromatic N) is 1. The Hall–Kier alpha value is -2.81. The second-order valence-corrected chi connectivity index (χ2v) is 4.86. The first-order valence-corrected chi connectivity index (χ1v) is 6.87. The van der Waals surface area contributed by atoms with Gasteiger partial charge in [-0.2, -0.15) is 0 Å². The molecular weight excluding hydrogens is 258 g/mol. The molecule has 0 unspecified atom stereocenters. The van der Waals surface area contributed by atoms with Crippen molar-refractivity contribution in [3.63, 3.8) is 0 Å². The summed E-state index contributed by atoms with van der Waals surface area (Å²) in [4.78, 5) is 4.61. The molecule has 0 saturated carbocycles. The fraction of sp³-hybridized carbons (Fsp3) is 0.0556. The molecule has 2 aromatic carbocycles. The molecule has 0 amide bonds. The molecule has 0 spiro atoms. The zero-order valence-electron chi connectivity index (χ0n) is 11.9. The van der Waals surface area contributed by atoms with E-state index in [1.54, 1.807) is 0 Å². The zero-order valence-corrected chi connectivity index (χ0v) is 11.9. The number of nitrogens with one attached hydrogen (secondary N) is 1. The number of nitrogen functional groups attached to an aromatic ring is 1. The minimum atomic E-state index is 0.749. The largest absolute Gasteiger partial charge is 0.398 e. The SMILES string of the molecule is CNc1ccc(C=Cc2ccc3ccccc3n2)c(N)c1.